The van der Waals surface area contributed by atoms with Crippen LogP contribution in [-0.2, 0) is 0 Å². The molecule has 1 N–H and O–H groups in total. The lowest BCUT2D eigenvalue weighted by Gasteiger charge is -2.36. The second-order valence-electron chi connectivity index (χ2n) is 5.26. The number of rotatable bonds is 3. The van der Waals surface area contributed by atoms with Gasteiger partial charge < -0.3 is 10.0 Å². The van der Waals surface area contributed by atoms with Crippen molar-refractivity contribution in [3.05, 3.63) is 33.9 Å². The smallest absolute Gasteiger partial charge is 0.274 e. The van der Waals surface area contributed by atoms with E-state index in [1.54, 1.807) is 19.1 Å². The highest BCUT2D eigenvalue weighted by molar-refractivity contribution is 5.56. The average Bonchev–Trinajstić information content (AvgIpc) is 2.38. The molecular formula is C14H20N2O3. The van der Waals surface area contributed by atoms with Gasteiger partial charge in [-0.2, -0.15) is 0 Å². The lowest BCUT2D eigenvalue weighted by atomic mass is 9.91. The first kappa shape index (κ1) is 13.8. The number of benzene rings is 1. The van der Waals surface area contributed by atoms with Gasteiger partial charge in [-0.05, 0) is 25.8 Å². The Hall–Kier alpha value is -1.62. The van der Waals surface area contributed by atoms with E-state index in [1.165, 1.54) is 0 Å². The van der Waals surface area contributed by atoms with Gasteiger partial charge in [-0.3, -0.25) is 10.1 Å². The molecule has 104 valence electrons. The molecule has 0 saturated heterocycles. The zero-order valence-electron chi connectivity index (χ0n) is 11.4. The summed E-state index contributed by atoms with van der Waals surface area (Å²) < 4.78 is 0. The predicted molar refractivity (Wildman–Crippen MR) is 74.5 cm³/mol. The molecule has 19 heavy (non-hydrogen) atoms. The molecule has 1 aliphatic carbocycles. The van der Waals surface area contributed by atoms with Gasteiger partial charge in [-0.25, -0.2) is 0 Å². The molecule has 0 aliphatic heterocycles. The Morgan fingerprint density at radius 3 is 2.68 bits per heavy atom. The van der Waals surface area contributed by atoms with Crippen LogP contribution in [0.3, 0.4) is 0 Å². The number of likely N-dealkylation sites (N-methyl/N-ethyl adjacent to an activating group) is 1. The quantitative estimate of drug-likeness (QED) is 0.673. The van der Waals surface area contributed by atoms with Crippen molar-refractivity contribution in [1.29, 1.82) is 0 Å². The molecule has 1 saturated carbocycles. The minimum Gasteiger partial charge on any atom is -0.391 e. The van der Waals surface area contributed by atoms with Gasteiger partial charge in [-0.15, -0.1) is 0 Å². The van der Waals surface area contributed by atoms with Crippen molar-refractivity contribution in [2.45, 2.75) is 44.8 Å². The monoisotopic (exact) mass is 264 g/mol. The fourth-order valence-electron chi connectivity index (χ4n) is 2.75. The van der Waals surface area contributed by atoms with Crippen LogP contribution in [0.25, 0.3) is 0 Å². The van der Waals surface area contributed by atoms with Crippen molar-refractivity contribution in [3.8, 4) is 0 Å². The van der Waals surface area contributed by atoms with E-state index in [4.69, 9.17) is 0 Å². The minimum atomic E-state index is -0.357. The zero-order chi connectivity index (χ0) is 14.0. The van der Waals surface area contributed by atoms with Gasteiger partial charge in [0.25, 0.3) is 5.69 Å². The second-order valence-corrected chi connectivity index (χ2v) is 5.26. The number of hydrogen-bond acceptors (Lipinski definition) is 4. The van der Waals surface area contributed by atoms with Crippen LogP contribution in [0, 0.1) is 17.0 Å². The highest BCUT2D eigenvalue weighted by Crippen LogP contribution is 2.30. The number of aryl methyl sites for hydroxylation is 1. The Morgan fingerprint density at radius 2 is 2.05 bits per heavy atom. The molecule has 1 aromatic rings. The van der Waals surface area contributed by atoms with E-state index in [9.17, 15) is 15.2 Å². The number of aliphatic hydroxyl groups is 1. The highest BCUT2D eigenvalue weighted by Gasteiger charge is 2.27. The largest absolute Gasteiger partial charge is 0.391 e. The summed E-state index contributed by atoms with van der Waals surface area (Å²) in [6, 6.07) is 5.29. The standard InChI is InChI=1S/C14H20N2O3/c1-10-7-8-11(9-13(10)16(18)19)15(2)12-5-3-4-6-14(12)17/h7-9,12,14,17H,3-6H2,1-2H3. The molecule has 1 aromatic carbocycles. The normalized spacial score (nSPS) is 23.1. The second kappa shape index (κ2) is 5.57. The first-order valence-electron chi connectivity index (χ1n) is 6.66. The van der Waals surface area contributed by atoms with E-state index in [1.807, 2.05) is 18.0 Å². The van der Waals surface area contributed by atoms with E-state index in [-0.39, 0.29) is 22.8 Å². The minimum absolute atomic E-state index is 0.0519. The van der Waals surface area contributed by atoms with Crippen molar-refractivity contribution in [3.63, 3.8) is 0 Å². The first-order valence-corrected chi connectivity index (χ1v) is 6.66. The lowest BCUT2D eigenvalue weighted by molar-refractivity contribution is -0.385. The molecule has 0 aromatic heterocycles. The molecule has 1 fully saturated rings. The molecule has 0 amide bonds. The summed E-state index contributed by atoms with van der Waals surface area (Å²) in [5.74, 6) is 0. The van der Waals surface area contributed by atoms with Crippen LogP contribution in [0.4, 0.5) is 11.4 Å². The molecule has 5 nitrogen and oxygen atoms in total. The number of nitrogens with zero attached hydrogens (tertiary/aromatic N) is 2. The van der Waals surface area contributed by atoms with Gasteiger partial charge in [0, 0.05) is 24.4 Å². The van der Waals surface area contributed by atoms with E-state index < -0.39 is 0 Å². The Kier molecular flexibility index (Phi) is 4.04. The maximum absolute atomic E-state index is 11.0. The van der Waals surface area contributed by atoms with E-state index >= 15 is 0 Å². The van der Waals surface area contributed by atoms with Crippen LogP contribution in [0.2, 0.25) is 0 Å². The SMILES string of the molecule is Cc1ccc(N(C)C2CCCCC2O)cc1[N+](=O)[O-]. The van der Waals surface area contributed by atoms with Crippen LogP contribution in [-0.4, -0.2) is 29.2 Å². The third-order valence-electron chi connectivity index (χ3n) is 3.99. The summed E-state index contributed by atoms with van der Waals surface area (Å²) in [6.07, 6.45) is 3.54. The summed E-state index contributed by atoms with van der Waals surface area (Å²) in [5, 5.41) is 21.0. The molecular weight excluding hydrogens is 244 g/mol. The Labute approximate surface area is 113 Å². The Balaban J connectivity index is 2.25. The molecule has 2 atom stereocenters. The van der Waals surface area contributed by atoms with Crippen LogP contribution < -0.4 is 4.90 Å². The lowest BCUT2D eigenvalue weighted by Crippen LogP contribution is -2.43. The molecule has 0 heterocycles. The molecule has 2 rings (SSSR count). The average molecular weight is 264 g/mol. The van der Waals surface area contributed by atoms with Crippen LogP contribution in [0.15, 0.2) is 18.2 Å². The topological polar surface area (TPSA) is 66.6 Å². The van der Waals surface area contributed by atoms with E-state index in [0.717, 1.165) is 31.4 Å². The van der Waals surface area contributed by atoms with Crippen LogP contribution in [0.1, 0.15) is 31.2 Å². The molecule has 1 aliphatic rings. The number of hydrogen-bond donors (Lipinski definition) is 1. The number of nitro benzene ring substituents is 1. The molecule has 2 unspecified atom stereocenters. The Morgan fingerprint density at radius 1 is 1.37 bits per heavy atom. The van der Waals surface area contributed by atoms with Gasteiger partial charge >= 0.3 is 0 Å². The van der Waals surface area contributed by atoms with Crippen LogP contribution >= 0.6 is 0 Å². The summed E-state index contributed by atoms with van der Waals surface area (Å²) in [5.41, 5.74) is 1.59. The molecule has 5 heteroatoms. The van der Waals surface area contributed by atoms with Crippen molar-refractivity contribution in [2.24, 2.45) is 0 Å². The number of anilines is 1. The predicted octanol–water partition coefficient (Wildman–Crippen LogP) is 2.64. The molecule has 0 spiro atoms. The molecule has 0 bridgehead atoms. The van der Waals surface area contributed by atoms with E-state index in [0.29, 0.717) is 5.56 Å². The number of nitro groups is 1. The maximum atomic E-state index is 11.0. The van der Waals surface area contributed by atoms with Crippen molar-refractivity contribution < 1.29 is 10.0 Å². The van der Waals surface area contributed by atoms with Gasteiger partial charge in [0.05, 0.1) is 17.1 Å². The third kappa shape index (κ3) is 2.87. The zero-order valence-corrected chi connectivity index (χ0v) is 11.4. The van der Waals surface area contributed by atoms with Crippen molar-refractivity contribution in [1.82, 2.24) is 0 Å². The van der Waals surface area contributed by atoms with Crippen molar-refractivity contribution in [2.75, 3.05) is 11.9 Å². The molecule has 0 radical (unpaired) electrons. The third-order valence-corrected chi connectivity index (χ3v) is 3.99. The van der Waals surface area contributed by atoms with Crippen molar-refractivity contribution >= 4 is 11.4 Å². The summed E-state index contributed by atoms with van der Waals surface area (Å²) in [6.45, 7) is 1.73. The Bertz CT molecular complexity index is 476. The number of aliphatic hydroxyl groups excluding tert-OH is 1. The van der Waals surface area contributed by atoms with Gasteiger partial charge in [0.2, 0.25) is 0 Å². The van der Waals surface area contributed by atoms with Gasteiger partial charge in [0.1, 0.15) is 0 Å². The summed E-state index contributed by atoms with van der Waals surface area (Å²) in [7, 11) is 1.90. The van der Waals surface area contributed by atoms with Gasteiger partial charge in [-0.1, -0.05) is 18.9 Å². The highest BCUT2D eigenvalue weighted by atomic mass is 16.6. The first-order chi connectivity index (χ1) is 9.00. The fraction of sp³-hybridized carbons (Fsp3) is 0.571. The summed E-state index contributed by atoms with van der Waals surface area (Å²) >= 11 is 0. The van der Waals surface area contributed by atoms with Gasteiger partial charge in [0.15, 0.2) is 0 Å². The fourth-order valence-corrected chi connectivity index (χ4v) is 2.75. The maximum Gasteiger partial charge on any atom is 0.274 e. The van der Waals surface area contributed by atoms with E-state index in [2.05, 4.69) is 0 Å². The summed E-state index contributed by atoms with van der Waals surface area (Å²) in [4.78, 5) is 12.6. The van der Waals surface area contributed by atoms with Crippen LogP contribution in [0.5, 0.6) is 0 Å².